The average molecular weight is 366 g/mol. The number of carbonyl (C=O) groups excluding carboxylic acids is 1. The number of nitrogens with zero attached hydrogens (tertiary/aromatic N) is 2. The van der Waals surface area contributed by atoms with E-state index >= 15 is 0 Å². The molecule has 4 nitrogen and oxygen atoms in total. The Kier molecular flexibility index (Phi) is 5.47. The number of nitrogens with one attached hydrogen (secondary N) is 1. The lowest BCUT2D eigenvalue weighted by atomic mass is 9.86. The van der Waals surface area contributed by atoms with Crippen LogP contribution in [0.1, 0.15) is 31.9 Å². The monoisotopic (exact) mass is 365 g/mol. The Labute approximate surface area is 158 Å². The zero-order chi connectivity index (χ0) is 18.6. The molecule has 0 radical (unpaired) electrons. The first-order chi connectivity index (χ1) is 12.4. The Balaban J connectivity index is 1.59. The summed E-state index contributed by atoms with van der Waals surface area (Å²) in [6, 6.07) is 12.2. The summed E-state index contributed by atoms with van der Waals surface area (Å²) < 4.78 is 0. The van der Waals surface area contributed by atoms with Crippen molar-refractivity contribution in [2.45, 2.75) is 32.6 Å². The number of carbonyl (C=O) groups is 1. The summed E-state index contributed by atoms with van der Waals surface area (Å²) in [6.45, 7) is 6.82. The van der Waals surface area contributed by atoms with E-state index in [0.717, 1.165) is 21.8 Å². The van der Waals surface area contributed by atoms with Gasteiger partial charge in [-0.2, -0.15) is 0 Å². The minimum absolute atomic E-state index is 0.123. The van der Waals surface area contributed by atoms with E-state index in [2.05, 4.69) is 48.2 Å². The molecule has 0 spiro atoms. The summed E-state index contributed by atoms with van der Waals surface area (Å²) in [6.07, 6.45) is 3.93. The highest BCUT2D eigenvalue weighted by molar-refractivity contribution is 7.13. The van der Waals surface area contributed by atoms with E-state index < -0.39 is 0 Å². The van der Waals surface area contributed by atoms with Gasteiger partial charge in [-0.25, -0.2) is 4.98 Å². The highest BCUT2D eigenvalue weighted by Gasteiger charge is 2.14. The minimum atomic E-state index is 0.123. The van der Waals surface area contributed by atoms with Crippen molar-refractivity contribution in [3.63, 3.8) is 0 Å². The van der Waals surface area contributed by atoms with Crippen LogP contribution in [0.2, 0.25) is 0 Å². The Bertz CT molecular complexity index is 864. The summed E-state index contributed by atoms with van der Waals surface area (Å²) in [7, 11) is 0. The van der Waals surface area contributed by atoms with Gasteiger partial charge in [0.2, 0.25) is 0 Å². The second kappa shape index (κ2) is 7.79. The molecule has 0 amide bonds. The van der Waals surface area contributed by atoms with Gasteiger partial charge in [0.1, 0.15) is 5.82 Å². The Morgan fingerprint density at radius 3 is 2.42 bits per heavy atom. The minimum Gasteiger partial charge on any atom is -0.362 e. The van der Waals surface area contributed by atoms with Crippen LogP contribution in [0.5, 0.6) is 0 Å². The molecule has 0 saturated carbocycles. The number of Topliss-reactive ketones (excluding diaryl/α,β-unsaturated/α-hetero) is 1. The van der Waals surface area contributed by atoms with E-state index in [1.165, 1.54) is 5.56 Å². The molecule has 0 aliphatic carbocycles. The van der Waals surface area contributed by atoms with Gasteiger partial charge in [0.25, 0.3) is 0 Å². The van der Waals surface area contributed by atoms with Crippen LogP contribution in [-0.4, -0.2) is 22.3 Å². The molecular formula is C21H23N3OS. The first kappa shape index (κ1) is 18.3. The number of anilines is 1. The molecule has 26 heavy (non-hydrogen) atoms. The van der Waals surface area contributed by atoms with Gasteiger partial charge in [0, 0.05) is 18.8 Å². The fourth-order valence-electron chi connectivity index (χ4n) is 2.68. The van der Waals surface area contributed by atoms with Crippen LogP contribution in [0, 0.1) is 0 Å². The molecule has 0 bridgehead atoms. The van der Waals surface area contributed by atoms with Crippen LogP contribution in [0.25, 0.3) is 10.4 Å². The predicted molar refractivity (Wildman–Crippen MR) is 108 cm³/mol. The summed E-state index contributed by atoms with van der Waals surface area (Å²) in [4.78, 5) is 21.7. The molecule has 2 heterocycles. The highest BCUT2D eigenvalue weighted by atomic mass is 32.1. The Morgan fingerprint density at radius 1 is 1.08 bits per heavy atom. The van der Waals surface area contributed by atoms with Gasteiger partial charge in [-0.3, -0.25) is 9.78 Å². The van der Waals surface area contributed by atoms with E-state index in [1.54, 1.807) is 29.2 Å². The number of benzene rings is 1. The first-order valence-electron chi connectivity index (χ1n) is 8.62. The number of aromatic nitrogens is 2. The fraction of sp³-hybridized carbons (Fsp3) is 0.286. The molecule has 134 valence electrons. The molecule has 0 saturated heterocycles. The molecule has 3 aromatic rings. The molecule has 0 atom stereocenters. The molecule has 0 fully saturated rings. The number of hydrogen-bond acceptors (Lipinski definition) is 5. The lowest BCUT2D eigenvalue weighted by Crippen LogP contribution is -2.17. The van der Waals surface area contributed by atoms with E-state index in [0.29, 0.717) is 6.42 Å². The van der Waals surface area contributed by atoms with Gasteiger partial charge in [-0.05, 0) is 34.2 Å². The van der Waals surface area contributed by atoms with Crippen molar-refractivity contribution < 1.29 is 4.79 Å². The largest absolute Gasteiger partial charge is 0.362 e. The van der Waals surface area contributed by atoms with E-state index in [4.69, 9.17) is 0 Å². The third-order valence-electron chi connectivity index (χ3n) is 4.18. The van der Waals surface area contributed by atoms with E-state index in [-0.39, 0.29) is 17.7 Å². The van der Waals surface area contributed by atoms with Crippen molar-refractivity contribution >= 4 is 22.9 Å². The predicted octanol–water partition coefficient (Wildman–Crippen LogP) is 4.73. The van der Waals surface area contributed by atoms with Gasteiger partial charge in [0.15, 0.2) is 5.78 Å². The fourth-order valence-corrected chi connectivity index (χ4v) is 3.45. The first-order valence-corrected chi connectivity index (χ1v) is 9.50. The highest BCUT2D eigenvalue weighted by Crippen LogP contribution is 2.30. The van der Waals surface area contributed by atoms with Crippen molar-refractivity contribution in [3.05, 3.63) is 65.4 Å². The molecule has 0 aliphatic heterocycles. The SMILES string of the molecule is CC(C)(C)c1ccc(CC(=O)CNc2ncsc2-c2ccncc2)cc1. The number of hydrogen-bond donors (Lipinski definition) is 1. The number of rotatable bonds is 6. The van der Waals surface area contributed by atoms with Crippen molar-refractivity contribution in [2.24, 2.45) is 0 Å². The topological polar surface area (TPSA) is 54.9 Å². The molecule has 5 heteroatoms. The Hall–Kier alpha value is -2.53. The molecular weight excluding hydrogens is 342 g/mol. The van der Waals surface area contributed by atoms with Crippen LogP contribution >= 0.6 is 11.3 Å². The standard InChI is InChI=1S/C21H23N3OS/c1-21(2,3)17-6-4-15(5-7-17)12-18(25)13-23-20-19(26-14-24-20)16-8-10-22-11-9-16/h4-11,14,23H,12-13H2,1-3H3. The molecule has 3 rings (SSSR count). The van der Waals surface area contributed by atoms with Crippen molar-refractivity contribution in [3.8, 4) is 10.4 Å². The molecule has 1 N–H and O–H groups in total. The third-order valence-corrected chi connectivity index (χ3v) is 5.06. The quantitative estimate of drug-likeness (QED) is 0.686. The smallest absolute Gasteiger partial charge is 0.156 e. The van der Waals surface area contributed by atoms with Crippen molar-refractivity contribution in [2.75, 3.05) is 11.9 Å². The van der Waals surface area contributed by atoms with Crippen LogP contribution in [0.4, 0.5) is 5.82 Å². The van der Waals surface area contributed by atoms with Gasteiger partial charge in [-0.15, -0.1) is 11.3 Å². The summed E-state index contributed by atoms with van der Waals surface area (Å²) in [5.74, 6) is 0.889. The lowest BCUT2D eigenvalue weighted by molar-refractivity contribution is -0.116. The second-order valence-corrected chi connectivity index (χ2v) is 8.14. The maximum atomic E-state index is 12.3. The van der Waals surface area contributed by atoms with Gasteiger partial charge in [-0.1, -0.05) is 45.0 Å². The van der Waals surface area contributed by atoms with Crippen LogP contribution in [0.15, 0.2) is 54.3 Å². The molecule has 1 aromatic carbocycles. The van der Waals surface area contributed by atoms with Gasteiger partial charge < -0.3 is 5.32 Å². The Morgan fingerprint density at radius 2 is 1.77 bits per heavy atom. The van der Waals surface area contributed by atoms with Crippen molar-refractivity contribution in [1.82, 2.24) is 9.97 Å². The third kappa shape index (κ3) is 4.55. The summed E-state index contributed by atoms with van der Waals surface area (Å²) >= 11 is 1.55. The maximum Gasteiger partial charge on any atom is 0.156 e. The van der Waals surface area contributed by atoms with Crippen LogP contribution in [0.3, 0.4) is 0 Å². The molecule has 0 unspecified atom stereocenters. The lowest BCUT2D eigenvalue weighted by Gasteiger charge is -2.19. The number of ketones is 1. The maximum absolute atomic E-state index is 12.3. The number of pyridine rings is 1. The average Bonchev–Trinajstić information content (AvgIpc) is 3.09. The van der Waals surface area contributed by atoms with Gasteiger partial charge in [0.05, 0.1) is 16.9 Å². The summed E-state index contributed by atoms with van der Waals surface area (Å²) in [5, 5.41) is 3.18. The molecule has 0 aliphatic rings. The zero-order valence-electron chi connectivity index (χ0n) is 15.3. The summed E-state index contributed by atoms with van der Waals surface area (Å²) in [5.41, 5.74) is 5.27. The van der Waals surface area contributed by atoms with Crippen LogP contribution < -0.4 is 5.32 Å². The van der Waals surface area contributed by atoms with Crippen molar-refractivity contribution in [1.29, 1.82) is 0 Å². The van der Waals surface area contributed by atoms with Crippen LogP contribution in [-0.2, 0) is 16.6 Å². The van der Waals surface area contributed by atoms with E-state index in [1.807, 2.05) is 24.3 Å². The van der Waals surface area contributed by atoms with E-state index in [9.17, 15) is 4.79 Å². The molecule has 2 aromatic heterocycles. The zero-order valence-corrected chi connectivity index (χ0v) is 16.1. The second-order valence-electron chi connectivity index (χ2n) is 7.28. The van der Waals surface area contributed by atoms with Gasteiger partial charge >= 0.3 is 0 Å². The normalized spacial score (nSPS) is 11.3. The number of thiazole rings is 1.